The van der Waals surface area contributed by atoms with Gasteiger partial charge in [-0.1, -0.05) is 0 Å². The summed E-state index contributed by atoms with van der Waals surface area (Å²) in [6, 6.07) is 7.62. The first-order valence-electron chi connectivity index (χ1n) is 9.38. The van der Waals surface area contributed by atoms with Crippen molar-refractivity contribution in [3.05, 3.63) is 59.4 Å². The molecule has 1 aliphatic heterocycles. The number of nitrogens with zero attached hydrogens (tertiary/aromatic N) is 5. The van der Waals surface area contributed by atoms with Gasteiger partial charge in [0.05, 0.1) is 5.56 Å². The van der Waals surface area contributed by atoms with Gasteiger partial charge in [0.15, 0.2) is 5.82 Å². The predicted octanol–water partition coefficient (Wildman–Crippen LogP) is 3.02. The Bertz CT molecular complexity index is 991. The summed E-state index contributed by atoms with van der Waals surface area (Å²) in [6.07, 6.45) is 3.48. The molecule has 0 spiro atoms. The van der Waals surface area contributed by atoms with E-state index in [0.29, 0.717) is 30.2 Å². The summed E-state index contributed by atoms with van der Waals surface area (Å²) in [7, 11) is 0. The van der Waals surface area contributed by atoms with Crippen molar-refractivity contribution in [2.75, 3.05) is 31.1 Å². The summed E-state index contributed by atoms with van der Waals surface area (Å²) in [5.41, 5.74) is 2.52. The normalized spacial score (nSPS) is 14.4. The first kappa shape index (κ1) is 18.2. The number of hydrogen-bond acceptors (Lipinski definition) is 6. The predicted molar refractivity (Wildman–Crippen MR) is 106 cm³/mol. The lowest BCUT2D eigenvalue weighted by Crippen LogP contribution is -2.49. The summed E-state index contributed by atoms with van der Waals surface area (Å²) < 4.78 is 5.51. The van der Waals surface area contributed by atoms with Gasteiger partial charge in [-0.2, -0.15) is 0 Å². The van der Waals surface area contributed by atoms with Gasteiger partial charge in [-0.15, -0.1) is 0 Å². The highest BCUT2D eigenvalue weighted by Gasteiger charge is 2.25. The lowest BCUT2D eigenvalue weighted by Gasteiger charge is -2.35. The molecule has 4 heterocycles. The van der Waals surface area contributed by atoms with E-state index in [2.05, 4.69) is 14.9 Å². The Kier molecular flexibility index (Phi) is 4.81. The molecule has 3 aromatic rings. The van der Waals surface area contributed by atoms with Crippen LogP contribution in [-0.2, 0) is 0 Å². The van der Waals surface area contributed by atoms with Crippen LogP contribution in [0.4, 0.5) is 5.82 Å². The third-order valence-corrected chi connectivity index (χ3v) is 4.94. The molecule has 144 valence electrons. The van der Waals surface area contributed by atoms with Crippen molar-refractivity contribution in [1.82, 2.24) is 19.9 Å². The lowest BCUT2D eigenvalue weighted by molar-refractivity contribution is 0.0744. The topological polar surface area (TPSA) is 75.4 Å². The fourth-order valence-electron chi connectivity index (χ4n) is 3.50. The maximum absolute atomic E-state index is 12.8. The minimum absolute atomic E-state index is 0.0327. The second kappa shape index (κ2) is 7.42. The number of aromatic nitrogens is 3. The Balaban J connectivity index is 1.49. The number of amides is 1. The molecule has 1 fully saturated rings. The van der Waals surface area contributed by atoms with Crippen molar-refractivity contribution in [2.24, 2.45) is 0 Å². The van der Waals surface area contributed by atoms with Crippen LogP contribution in [0.15, 0.2) is 41.1 Å². The summed E-state index contributed by atoms with van der Waals surface area (Å²) in [6.45, 7) is 8.42. The molecule has 0 aliphatic carbocycles. The Hall–Kier alpha value is -3.22. The van der Waals surface area contributed by atoms with E-state index in [-0.39, 0.29) is 5.91 Å². The fourth-order valence-corrected chi connectivity index (χ4v) is 3.50. The van der Waals surface area contributed by atoms with Crippen LogP contribution in [0, 0.1) is 20.8 Å². The van der Waals surface area contributed by atoms with Crippen molar-refractivity contribution < 1.29 is 9.21 Å². The van der Waals surface area contributed by atoms with Crippen molar-refractivity contribution in [3.8, 4) is 11.4 Å². The zero-order valence-corrected chi connectivity index (χ0v) is 16.3. The molecule has 3 aromatic heterocycles. The Morgan fingerprint density at radius 2 is 1.71 bits per heavy atom. The van der Waals surface area contributed by atoms with Crippen LogP contribution in [-0.4, -0.2) is 51.9 Å². The highest BCUT2D eigenvalue weighted by atomic mass is 16.3. The molecule has 0 bridgehead atoms. The first-order chi connectivity index (χ1) is 13.5. The van der Waals surface area contributed by atoms with Gasteiger partial charge >= 0.3 is 0 Å². The smallest absolute Gasteiger partial charge is 0.257 e. The van der Waals surface area contributed by atoms with Crippen molar-refractivity contribution in [1.29, 1.82) is 0 Å². The number of piperazine rings is 1. The van der Waals surface area contributed by atoms with Crippen LogP contribution < -0.4 is 4.90 Å². The highest BCUT2D eigenvalue weighted by molar-refractivity contribution is 5.95. The molecular formula is C21H23N5O2. The lowest BCUT2D eigenvalue weighted by atomic mass is 10.2. The average molecular weight is 377 g/mol. The van der Waals surface area contributed by atoms with E-state index in [4.69, 9.17) is 9.40 Å². The number of carbonyl (C=O) groups is 1. The van der Waals surface area contributed by atoms with Crippen molar-refractivity contribution >= 4 is 11.7 Å². The van der Waals surface area contributed by atoms with Gasteiger partial charge in [0, 0.05) is 55.9 Å². The van der Waals surface area contributed by atoms with Crippen LogP contribution in [0.3, 0.4) is 0 Å². The molecule has 0 radical (unpaired) electrons. The van der Waals surface area contributed by atoms with Crippen LogP contribution in [0.1, 0.15) is 27.6 Å². The first-order valence-corrected chi connectivity index (χ1v) is 9.38. The molecule has 0 N–H and O–H groups in total. The average Bonchev–Trinajstić information content (AvgIpc) is 3.06. The van der Waals surface area contributed by atoms with Gasteiger partial charge in [0.2, 0.25) is 0 Å². The number of aryl methyl sites for hydroxylation is 3. The van der Waals surface area contributed by atoms with E-state index in [1.165, 1.54) is 0 Å². The molecule has 0 aromatic carbocycles. The minimum atomic E-state index is 0.0327. The largest absolute Gasteiger partial charge is 0.466 e. The number of carbonyl (C=O) groups excluding carboxylic acids is 1. The molecule has 0 saturated carbocycles. The maximum atomic E-state index is 12.8. The molecule has 7 heteroatoms. The number of pyridine rings is 1. The fraction of sp³-hybridized carbons (Fsp3) is 0.333. The third-order valence-electron chi connectivity index (χ3n) is 4.94. The van der Waals surface area contributed by atoms with Gasteiger partial charge in [0.25, 0.3) is 5.91 Å². The van der Waals surface area contributed by atoms with Crippen LogP contribution in [0.25, 0.3) is 11.4 Å². The second-order valence-electron chi connectivity index (χ2n) is 7.03. The maximum Gasteiger partial charge on any atom is 0.257 e. The number of rotatable bonds is 3. The molecular weight excluding hydrogens is 354 g/mol. The molecule has 0 atom stereocenters. The monoisotopic (exact) mass is 377 g/mol. The Morgan fingerprint density at radius 3 is 2.36 bits per heavy atom. The SMILES string of the molecule is Cc1cc(N2CCN(C(=O)c3cc(C)oc3C)CC2)nc(-c2ccncc2)n1. The molecule has 1 amide bonds. The Labute approximate surface area is 164 Å². The van der Waals surface area contributed by atoms with Gasteiger partial charge in [-0.05, 0) is 39.0 Å². The zero-order valence-electron chi connectivity index (χ0n) is 16.3. The third kappa shape index (κ3) is 3.60. The van der Waals surface area contributed by atoms with Gasteiger partial charge in [-0.3, -0.25) is 9.78 Å². The quantitative estimate of drug-likeness (QED) is 0.698. The van der Waals surface area contributed by atoms with Gasteiger partial charge in [0.1, 0.15) is 17.3 Å². The van der Waals surface area contributed by atoms with E-state index in [0.717, 1.165) is 35.9 Å². The molecule has 1 saturated heterocycles. The van der Waals surface area contributed by atoms with Crippen molar-refractivity contribution in [3.63, 3.8) is 0 Å². The Morgan fingerprint density at radius 1 is 1.00 bits per heavy atom. The van der Waals surface area contributed by atoms with E-state index in [1.807, 2.05) is 49.9 Å². The molecule has 28 heavy (non-hydrogen) atoms. The summed E-state index contributed by atoms with van der Waals surface area (Å²) in [5.74, 6) is 3.06. The number of hydrogen-bond donors (Lipinski definition) is 0. The summed E-state index contributed by atoms with van der Waals surface area (Å²) in [5, 5.41) is 0. The van der Waals surface area contributed by atoms with E-state index < -0.39 is 0 Å². The molecule has 1 aliphatic rings. The minimum Gasteiger partial charge on any atom is -0.466 e. The van der Waals surface area contributed by atoms with Gasteiger partial charge < -0.3 is 14.2 Å². The highest BCUT2D eigenvalue weighted by Crippen LogP contribution is 2.22. The van der Waals surface area contributed by atoms with Crippen molar-refractivity contribution in [2.45, 2.75) is 20.8 Å². The van der Waals surface area contributed by atoms with Crippen LogP contribution in [0.2, 0.25) is 0 Å². The summed E-state index contributed by atoms with van der Waals surface area (Å²) >= 11 is 0. The summed E-state index contributed by atoms with van der Waals surface area (Å²) in [4.78, 5) is 30.2. The molecule has 0 unspecified atom stereocenters. The standard InChI is InChI=1S/C21H23N5O2/c1-14-12-19(24-20(23-14)17-4-6-22-7-5-17)25-8-10-26(11-9-25)21(27)18-13-15(2)28-16(18)3/h4-7,12-13H,8-11H2,1-3H3. The number of anilines is 1. The number of furan rings is 1. The van der Waals surface area contributed by atoms with E-state index in [1.54, 1.807) is 12.4 Å². The van der Waals surface area contributed by atoms with Crippen LogP contribution >= 0.6 is 0 Å². The van der Waals surface area contributed by atoms with E-state index in [9.17, 15) is 4.79 Å². The molecule has 4 rings (SSSR count). The zero-order chi connectivity index (χ0) is 19.7. The van der Waals surface area contributed by atoms with Gasteiger partial charge in [-0.25, -0.2) is 9.97 Å². The van der Waals surface area contributed by atoms with E-state index >= 15 is 0 Å². The van der Waals surface area contributed by atoms with Crippen LogP contribution in [0.5, 0.6) is 0 Å². The second-order valence-corrected chi connectivity index (χ2v) is 7.03. The molecule has 7 nitrogen and oxygen atoms in total.